The van der Waals surface area contributed by atoms with E-state index in [2.05, 4.69) is 21.6 Å². The second kappa shape index (κ2) is 7.66. The number of carbonyl (C=O) groups excluding carboxylic acids is 1. The van der Waals surface area contributed by atoms with Crippen molar-refractivity contribution >= 4 is 23.0 Å². The van der Waals surface area contributed by atoms with Crippen LogP contribution in [0.15, 0.2) is 89.1 Å². The number of nitrogens with one attached hydrogen (secondary N) is 1. The van der Waals surface area contributed by atoms with Gasteiger partial charge in [0.15, 0.2) is 0 Å². The highest BCUT2D eigenvalue weighted by molar-refractivity contribution is 6.04. The third-order valence-electron chi connectivity index (χ3n) is 3.44. The van der Waals surface area contributed by atoms with E-state index in [1.54, 1.807) is 60.7 Å². The summed E-state index contributed by atoms with van der Waals surface area (Å²) in [5.74, 6) is -0.160. The van der Waals surface area contributed by atoms with Crippen LogP contribution >= 0.6 is 0 Å². The summed E-state index contributed by atoms with van der Waals surface area (Å²) < 4.78 is 0. The summed E-state index contributed by atoms with van der Waals surface area (Å²) in [4.78, 5) is 12.1. The molecule has 0 radical (unpaired) electrons. The topological polar surface area (TPSA) is 77.6 Å². The molecule has 0 aromatic heterocycles. The lowest BCUT2D eigenvalue weighted by molar-refractivity contribution is 0.102. The zero-order valence-corrected chi connectivity index (χ0v) is 13.3. The fourth-order valence-corrected chi connectivity index (χ4v) is 2.12. The molecule has 0 fully saturated rings. The van der Waals surface area contributed by atoms with Gasteiger partial charge >= 0.3 is 0 Å². The average molecular weight is 326 g/mol. The van der Waals surface area contributed by atoms with Gasteiger partial charge < -0.3 is 5.32 Å². The van der Waals surface area contributed by atoms with Crippen LogP contribution in [0.25, 0.3) is 0 Å². The Labute approximate surface area is 145 Å². The van der Waals surface area contributed by atoms with Crippen molar-refractivity contribution in [1.29, 1.82) is 5.26 Å². The van der Waals surface area contributed by atoms with Crippen LogP contribution in [0.4, 0.5) is 17.1 Å². The lowest BCUT2D eigenvalue weighted by Gasteiger charge is -2.05. The average Bonchev–Trinajstić information content (AvgIpc) is 2.68. The number of amides is 1. The van der Waals surface area contributed by atoms with Crippen LogP contribution in [-0.4, -0.2) is 5.91 Å². The Morgan fingerprint density at radius 3 is 1.92 bits per heavy atom. The van der Waals surface area contributed by atoms with Gasteiger partial charge in [-0.25, -0.2) is 0 Å². The normalized spacial score (nSPS) is 10.4. The zero-order valence-electron chi connectivity index (χ0n) is 13.3. The minimum absolute atomic E-state index is 0.160. The van der Waals surface area contributed by atoms with Gasteiger partial charge in [0.1, 0.15) is 0 Å². The van der Waals surface area contributed by atoms with Crippen molar-refractivity contribution in [2.75, 3.05) is 5.32 Å². The predicted octanol–water partition coefficient (Wildman–Crippen LogP) is 5.23. The molecule has 0 saturated carbocycles. The Morgan fingerprint density at radius 1 is 0.800 bits per heavy atom. The number of hydrogen-bond donors (Lipinski definition) is 1. The molecule has 1 N–H and O–H groups in total. The summed E-state index contributed by atoms with van der Waals surface area (Å²) in [6.45, 7) is 0. The van der Waals surface area contributed by atoms with Gasteiger partial charge in [-0.2, -0.15) is 15.5 Å². The number of carbonyl (C=O) groups is 1. The van der Waals surface area contributed by atoms with Gasteiger partial charge in [-0.3, -0.25) is 4.79 Å². The molecule has 0 saturated heterocycles. The number of nitrogens with zero attached hydrogens (tertiary/aromatic N) is 3. The summed E-state index contributed by atoms with van der Waals surface area (Å²) in [6, 6.07) is 25.0. The molecule has 5 nitrogen and oxygen atoms in total. The summed E-state index contributed by atoms with van der Waals surface area (Å²) in [6.07, 6.45) is 0. The first-order valence-electron chi connectivity index (χ1n) is 7.63. The fraction of sp³-hybridized carbons (Fsp3) is 0. The fourth-order valence-electron chi connectivity index (χ4n) is 2.12. The summed E-state index contributed by atoms with van der Waals surface area (Å²) in [5.41, 5.74) is 3.21. The van der Waals surface area contributed by atoms with Crippen molar-refractivity contribution in [2.24, 2.45) is 10.2 Å². The molecule has 0 spiro atoms. The highest BCUT2D eigenvalue weighted by atomic mass is 16.1. The van der Waals surface area contributed by atoms with E-state index in [-0.39, 0.29) is 5.91 Å². The molecule has 0 unspecified atom stereocenters. The Balaban J connectivity index is 1.64. The Morgan fingerprint density at radius 2 is 1.36 bits per heavy atom. The van der Waals surface area contributed by atoms with Crippen molar-refractivity contribution in [2.45, 2.75) is 0 Å². The third-order valence-corrected chi connectivity index (χ3v) is 3.44. The monoisotopic (exact) mass is 326 g/mol. The maximum atomic E-state index is 12.1. The molecule has 0 bridgehead atoms. The van der Waals surface area contributed by atoms with E-state index < -0.39 is 0 Å². The summed E-state index contributed by atoms with van der Waals surface area (Å²) in [5, 5.41) is 19.9. The molecule has 0 aliphatic carbocycles. The van der Waals surface area contributed by atoms with E-state index in [1.807, 2.05) is 18.2 Å². The van der Waals surface area contributed by atoms with Gasteiger partial charge in [-0.05, 0) is 60.7 Å². The second-order valence-corrected chi connectivity index (χ2v) is 5.23. The zero-order chi connectivity index (χ0) is 17.5. The van der Waals surface area contributed by atoms with Gasteiger partial charge in [0.25, 0.3) is 5.91 Å². The van der Waals surface area contributed by atoms with Crippen LogP contribution in [0, 0.1) is 11.3 Å². The van der Waals surface area contributed by atoms with E-state index >= 15 is 0 Å². The lowest BCUT2D eigenvalue weighted by atomic mass is 10.2. The standard InChI is InChI=1S/C20H14N4O/c21-14-15-6-8-18(9-7-15)23-24-19-12-10-17(11-13-19)22-20(25)16-4-2-1-3-5-16/h1-13H,(H,22,25). The van der Waals surface area contributed by atoms with Crippen molar-refractivity contribution < 1.29 is 4.79 Å². The Kier molecular flexibility index (Phi) is 4.93. The molecule has 5 heteroatoms. The maximum absolute atomic E-state index is 12.1. The van der Waals surface area contributed by atoms with Crippen molar-refractivity contribution in [3.8, 4) is 6.07 Å². The SMILES string of the molecule is N#Cc1ccc(N=Nc2ccc(NC(=O)c3ccccc3)cc2)cc1. The van der Waals surface area contributed by atoms with Crippen LogP contribution in [0.5, 0.6) is 0 Å². The van der Waals surface area contributed by atoms with Crippen LogP contribution in [0.2, 0.25) is 0 Å². The maximum Gasteiger partial charge on any atom is 0.255 e. The molecule has 0 heterocycles. The molecule has 3 aromatic rings. The Bertz CT molecular complexity index is 924. The number of rotatable bonds is 4. The van der Waals surface area contributed by atoms with Crippen LogP contribution < -0.4 is 5.32 Å². The highest BCUT2D eigenvalue weighted by Crippen LogP contribution is 2.21. The predicted molar refractivity (Wildman–Crippen MR) is 96.2 cm³/mol. The van der Waals surface area contributed by atoms with E-state index in [9.17, 15) is 4.79 Å². The molecule has 3 rings (SSSR count). The number of azo groups is 1. The summed E-state index contributed by atoms with van der Waals surface area (Å²) >= 11 is 0. The minimum Gasteiger partial charge on any atom is -0.322 e. The van der Waals surface area contributed by atoms with Crippen LogP contribution in [-0.2, 0) is 0 Å². The number of benzene rings is 3. The van der Waals surface area contributed by atoms with Crippen molar-refractivity contribution in [3.05, 3.63) is 90.0 Å². The van der Waals surface area contributed by atoms with Gasteiger partial charge in [-0.1, -0.05) is 18.2 Å². The number of anilines is 1. The van der Waals surface area contributed by atoms with E-state index in [1.165, 1.54) is 0 Å². The molecule has 1 amide bonds. The summed E-state index contributed by atoms with van der Waals surface area (Å²) in [7, 11) is 0. The Hall–Kier alpha value is -3.78. The van der Waals surface area contributed by atoms with Crippen LogP contribution in [0.3, 0.4) is 0 Å². The minimum atomic E-state index is -0.160. The first-order chi connectivity index (χ1) is 12.2. The number of nitriles is 1. The van der Waals surface area contributed by atoms with Crippen molar-refractivity contribution in [1.82, 2.24) is 0 Å². The largest absolute Gasteiger partial charge is 0.322 e. The highest BCUT2D eigenvalue weighted by Gasteiger charge is 2.04. The van der Waals surface area contributed by atoms with Gasteiger partial charge in [0.05, 0.1) is 23.0 Å². The molecule has 0 aliphatic heterocycles. The molecular weight excluding hydrogens is 312 g/mol. The molecule has 3 aromatic carbocycles. The van der Waals surface area contributed by atoms with E-state index in [4.69, 9.17) is 5.26 Å². The quantitative estimate of drug-likeness (QED) is 0.667. The molecule has 0 aliphatic rings. The number of hydrogen-bond acceptors (Lipinski definition) is 4. The van der Waals surface area contributed by atoms with Gasteiger partial charge in [0.2, 0.25) is 0 Å². The second-order valence-electron chi connectivity index (χ2n) is 5.23. The van der Waals surface area contributed by atoms with Crippen LogP contribution in [0.1, 0.15) is 15.9 Å². The third kappa shape index (κ3) is 4.36. The molecule has 120 valence electrons. The molecule has 0 atom stereocenters. The van der Waals surface area contributed by atoms with E-state index in [0.29, 0.717) is 28.2 Å². The lowest BCUT2D eigenvalue weighted by Crippen LogP contribution is -2.11. The van der Waals surface area contributed by atoms with Gasteiger partial charge in [0, 0.05) is 11.3 Å². The molecule has 25 heavy (non-hydrogen) atoms. The smallest absolute Gasteiger partial charge is 0.255 e. The van der Waals surface area contributed by atoms with Crippen molar-refractivity contribution in [3.63, 3.8) is 0 Å². The van der Waals surface area contributed by atoms with E-state index in [0.717, 1.165) is 0 Å². The first kappa shape index (κ1) is 16.1. The molecular formula is C20H14N4O. The van der Waals surface area contributed by atoms with Gasteiger partial charge in [-0.15, -0.1) is 0 Å². The first-order valence-corrected chi connectivity index (χ1v) is 7.63.